The van der Waals surface area contributed by atoms with E-state index in [9.17, 15) is 4.79 Å². The Morgan fingerprint density at radius 3 is 2.73 bits per heavy atom. The molecule has 0 heterocycles. The van der Waals surface area contributed by atoms with Gasteiger partial charge in [-0.1, -0.05) is 19.8 Å². The van der Waals surface area contributed by atoms with Gasteiger partial charge in [0.05, 0.1) is 6.07 Å². The standard InChI is InChI=1S/C9H15NO/c1-2-3-5-9(8-10)6-4-7-11/h7,9H,2-6H2,1H3. The lowest BCUT2D eigenvalue weighted by atomic mass is 9.99. The van der Waals surface area contributed by atoms with Crippen LogP contribution in [-0.2, 0) is 4.79 Å². The molecule has 0 rings (SSSR count). The molecule has 0 radical (unpaired) electrons. The predicted molar refractivity (Wildman–Crippen MR) is 43.9 cm³/mol. The highest BCUT2D eigenvalue weighted by Gasteiger charge is 2.04. The van der Waals surface area contributed by atoms with E-state index in [-0.39, 0.29) is 5.92 Å². The molecule has 11 heavy (non-hydrogen) atoms. The highest BCUT2D eigenvalue weighted by atomic mass is 16.1. The van der Waals surface area contributed by atoms with Crippen LogP contribution in [0, 0.1) is 17.2 Å². The second kappa shape index (κ2) is 7.27. The van der Waals surface area contributed by atoms with Gasteiger partial charge in [0.25, 0.3) is 0 Å². The van der Waals surface area contributed by atoms with Crippen LogP contribution in [0.5, 0.6) is 0 Å². The quantitative estimate of drug-likeness (QED) is 0.549. The van der Waals surface area contributed by atoms with E-state index in [0.29, 0.717) is 6.42 Å². The molecule has 1 atom stereocenters. The SMILES string of the molecule is CCCCC(C#N)CCC=O. The van der Waals surface area contributed by atoms with Gasteiger partial charge < -0.3 is 4.79 Å². The zero-order valence-corrected chi connectivity index (χ0v) is 7.05. The summed E-state index contributed by atoms with van der Waals surface area (Å²) in [6, 6.07) is 2.21. The summed E-state index contributed by atoms with van der Waals surface area (Å²) in [6.45, 7) is 2.11. The summed E-state index contributed by atoms with van der Waals surface area (Å²) in [5, 5.41) is 8.61. The predicted octanol–water partition coefficient (Wildman–Crippen LogP) is 2.30. The van der Waals surface area contributed by atoms with E-state index < -0.39 is 0 Å². The van der Waals surface area contributed by atoms with Crippen LogP contribution >= 0.6 is 0 Å². The van der Waals surface area contributed by atoms with E-state index in [1.165, 1.54) is 0 Å². The topological polar surface area (TPSA) is 40.9 Å². The lowest BCUT2D eigenvalue weighted by Gasteiger charge is -2.03. The molecule has 0 saturated carbocycles. The fourth-order valence-electron chi connectivity index (χ4n) is 0.993. The summed E-state index contributed by atoms with van der Waals surface area (Å²) in [6.07, 6.45) is 5.31. The number of hydrogen-bond acceptors (Lipinski definition) is 2. The fraction of sp³-hybridized carbons (Fsp3) is 0.778. The second-order valence-corrected chi connectivity index (χ2v) is 2.71. The summed E-state index contributed by atoms with van der Waals surface area (Å²) in [7, 11) is 0. The third kappa shape index (κ3) is 5.60. The van der Waals surface area contributed by atoms with Gasteiger partial charge >= 0.3 is 0 Å². The van der Waals surface area contributed by atoms with Gasteiger partial charge in [0.2, 0.25) is 0 Å². The Hall–Kier alpha value is -0.840. The van der Waals surface area contributed by atoms with Gasteiger partial charge in [-0.15, -0.1) is 0 Å². The van der Waals surface area contributed by atoms with Gasteiger partial charge in [0.15, 0.2) is 0 Å². The maximum atomic E-state index is 9.99. The first kappa shape index (κ1) is 10.2. The first-order valence-corrected chi connectivity index (χ1v) is 4.18. The van der Waals surface area contributed by atoms with Crippen molar-refractivity contribution in [2.45, 2.75) is 39.0 Å². The van der Waals surface area contributed by atoms with Crippen LogP contribution in [0.2, 0.25) is 0 Å². The van der Waals surface area contributed by atoms with Crippen molar-refractivity contribution in [3.63, 3.8) is 0 Å². The number of carbonyl (C=O) groups is 1. The van der Waals surface area contributed by atoms with Crippen molar-refractivity contribution in [2.75, 3.05) is 0 Å². The molecule has 1 unspecified atom stereocenters. The second-order valence-electron chi connectivity index (χ2n) is 2.71. The smallest absolute Gasteiger partial charge is 0.120 e. The third-order valence-corrected chi connectivity index (χ3v) is 1.72. The van der Waals surface area contributed by atoms with Gasteiger partial charge in [-0.2, -0.15) is 5.26 Å². The molecule has 0 N–H and O–H groups in total. The Morgan fingerprint density at radius 2 is 2.27 bits per heavy atom. The Bertz CT molecular complexity index is 137. The van der Waals surface area contributed by atoms with Crippen molar-refractivity contribution in [3.05, 3.63) is 0 Å². The van der Waals surface area contributed by atoms with Crippen molar-refractivity contribution >= 4 is 6.29 Å². The van der Waals surface area contributed by atoms with E-state index in [1.807, 2.05) is 0 Å². The Balaban J connectivity index is 3.43. The molecule has 0 fully saturated rings. The number of rotatable bonds is 6. The molecule has 0 aromatic carbocycles. The Morgan fingerprint density at radius 1 is 1.55 bits per heavy atom. The van der Waals surface area contributed by atoms with Crippen molar-refractivity contribution in [3.8, 4) is 6.07 Å². The minimum atomic E-state index is 0.0974. The molecule has 2 heteroatoms. The minimum absolute atomic E-state index is 0.0974. The van der Waals surface area contributed by atoms with E-state index in [2.05, 4.69) is 13.0 Å². The molecule has 62 valence electrons. The molecule has 0 aliphatic rings. The maximum absolute atomic E-state index is 9.99. The molecule has 0 aliphatic heterocycles. The molecular weight excluding hydrogens is 138 g/mol. The zero-order chi connectivity index (χ0) is 8.53. The van der Waals surface area contributed by atoms with Gasteiger partial charge in [0.1, 0.15) is 6.29 Å². The van der Waals surface area contributed by atoms with Crippen molar-refractivity contribution in [1.29, 1.82) is 5.26 Å². The van der Waals surface area contributed by atoms with E-state index in [4.69, 9.17) is 5.26 Å². The Labute approximate surface area is 68.2 Å². The van der Waals surface area contributed by atoms with Gasteiger partial charge in [-0.3, -0.25) is 0 Å². The number of nitrogens with zero attached hydrogens (tertiary/aromatic N) is 1. The van der Waals surface area contributed by atoms with Gasteiger partial charge in [-0.05, 0) is 12.8 Å². The molecule has 0 aromatic rings. The molecule has 0 bridgehead atoms. The van der Waals surface area contributed by atoms with Crippen molar-refractivity contribution in [1.82, 2.24) is 0 Å². The van der Waals surface area contributed by atoms with Crippen molar-refractivity contribution in [2.24, 2.45) is 5.92 Å². The van der Waals surface area contributed by atoms with Crippen LogP contribution in [0.15, 0.2) is 0 Å². The lowest BCUT2D eigenvalue weighted by molar-refractivity contribution is -0.108. The van der Waals surface area contributed by atoms with Crippen LogP contribution in [-0.4, -0.2) is 6.29 Å². The van der Waals surface area contributed by atoms with Crippen LogP contribution in [0.4, 0.5) is 0 Å². The molecule has 0 aromatic heterocycles. The molecule has 2 nitrogen and oxygen atoms in total. The number of unbranched alkanes of at least 4 members (excludes halogenated alkanes) is 1. The average molecular weight is 153 g/mol. The third-order valence-electron chi connectivity index (χ3n) is 1.72. The molecule has 0 amide bonds. The van der Waals surface area contributed by atoms with Crippen LogP contribution < -0.4 is 0 Å². The summed E-state index contributed by atoms with van der Waals surface area (Å²) in [5.74, 6) is 0.0974. The average Bonchev–Trinajstić information content (AvgIpc) is 2.05. The maximum Gasteiger partial charge on any atom is 0.120 e. The van der Waals surface area contributed by atoms with E-state index in [0.717, 1.165) is 32.0 Å². The normalized spacial score (nSPS) is 12.0. The van der Waals surface area contributed by atoms with Gasteiger partial charge in [0, 0.05) is 12.3 Å². The van der Waals surface area contributed by atoms with Crippen LogP contribution in [0.1, 0.15) is 39.0 Å². The van der Waals surface area contributed by atoms with Crippen molar-refractivity contribution < 1.29 is 4.79 Å². The Kier molecular flexibility index (Phi) is 6.71. The molecular formula is C9H15NO. The first-order valence-electron chi connectivity index (χ1n) is 4.18. The number of hydrogen-bond donors (Lipinski definition) is 0. The number of carbonyl (C=O) groups excluding carboxylic acids is 1. The fourth-order valence-corrected chi connectivity index (χ4v) is 0.993. The summed E-state index contributed by atoms with van der Waals surface area (Å²) >= 11 is 0. The largest absolute Gasteiger partial charge is 0.303 e. The molecule has 0 aliphatic carbocycles. The monoisotopic (exact) mass is 153 g/mol. The van der Waals surface area contributed by atoms with Crippen LogP contribution in [0.3, 0.4) is 0 Å². The summed E-state index contributed by atoms with van der Waals surface area (Å²) in [4.78, 5) is 9.99. The molecule has 0 saturated heterocycles. The van der Waals surface area contributed by atoms with Crippen LogP contribution in [0.25, 0.3) is 0 Å². The highest BCUT2D eigenvalue weighted by molar-refractivity contribution is 5.49. The highest BCUT2D eigenvalue weighted by Crippen LogP contribution is 2.12. The number of nitriles is 1. The van der Waals surface area contributed by atoms with Gasteiger partial charge in [-0.25, -0.2) is 0 Å². The molecule has 0 spiro atoms. The summed E-state index contributed by atoms with van der Waals surface area (Å²) in [5.41, 5.74) is 0. The minimum Gasteiger partial charge on any atom is -0.303 e. The summed E-state index contributed by atoms with van der Waals surface area (Å²) < 4.78 is 0. The van der Waals surface area contributed by atoms with E-state index >= 15 is 0 Å². The zero-order valence-electron chi connectivity index (χ0n) is 7.05. The van der Waals surface area contributed by atoms with E-state index in [1.54, 1.807) is 0 Å². The lowest BCUT2D eigenvalue weighted by Crippen LogP contribution is -1.96. The first-order chi connectivity index (χ1) is 5.35. The number of aldehydes is 1.